The van der Waals surface area contributed by atoms with Crippen molar-refractivity contribution in [1.29, 1.82) is 5.26 Å². The Morgan fingerprint density at radius 1 is 1.20 bits per heavy atom. The van der Waals surface area contributed by atoms with Gasteiger partial charge in [0.15, 0.2) is 0 Å². The number of hydrogen-bond donors (Lipinski definition) is 1. The van der Waals surface area contributed by atoms with Gasteiger partial charge in [0.1, 0.15) is 5.54 Å². The lowest BCUT2D eigenvalue weighted by atomic mass is 9.67. The summed E-state index contributed by atoms with van der Waals surface area (Å²) < 4.78 is 39.5. The van der Waals surface area contributed by atoms with E-state index in [4.69, 9.17) is 5.26 Å². The van der Waals surface area contributed by atoms with Gasteiger partial charge in [-0.25, -0.2) is 9.69 Å². The van der Waals surface area contributed by atoms with Crippen LogP contribution in [0.2, 0.25) is 0 Å². The molecular weight excluding hydrogens is 397 g/mol. The van der Waals surface area contributed by atoms with Gasteiger partial charge in [0.2, 0.25) is 0 Å². The van der Waals surface area contributed by atoms with Crippen LogP contribution in [-0.2, 0) is 11.3 Å². The molecule has 1 heterocycles. The average Bonchev–Trinajstić information content (AvgIpc) is 2.91. The molecule has 1 saturated heterocycles. The molecule has 1 N–H and O–H groups in total. The number of urea groups is 1. The van der Waals surface area contributed by atoms with E-state index in [0.29, 0.717) is 11.1 Å². The fourth-order valence-electron chi connectivity index (χ4n) is 4.63. The van der Waals surface area contributed by atoms with Gasteiger partial charge in [0, 0.05) is 6.54 Å². The van der Waals surface area contributed by atoms with Gasteiger partial charge >= 0.3 is 12.2 Å². The van der Waals surface area contributed by atoms with E-state index < -0.39 is 36.9 Å². The first-order valence-electron chi connectivity index (χ1n) is 9.99. The van der Waals surface area contributed by atoms with Crippen LogP contribution in [0.5, 0.6) is 0 Å². The summed E-state index contributed by atoms with van der Waals surface area (Å²) in [6, 6.07) is 7.50. The minimum absolute atomic E-state index is 0.0858. The fourth-order valence-corrected chi connectivity index (χ4v) is 4.63. The van der Waals surface area contributed by atoms with Crippen LogP contribution in [0.3, 0.4) is 0 Å². The van der Waals surface area contributed by atoms with E-state index in [2.05, 4.69) is 5.32 Å². The van der Waals surface area contributed by atoms with E-state index in [0.717, 1.165) is 29.1 Å². The maximum absolute atomic E-state index is 13.2. The molecule has 3 amide bonds. The molecule has 6 nitrogen and oxygen atoms in total. The molecule has 9 heteroatoms. The molecule has 1 aromatic rings. The number of imide groups is 1. The van der Waals surface area contributed by atoms with Crippen molar-refractivity contribution < 1.29 is 22.8 Å². The first-order chi connectivity index (χ1) is 14.1. The zero-order valence-corrected chi connectivity index (χ0v) is 17.0. The Labute approximate surface area is 173 Å². The topological polar surface area (TPSA) is 76.4 Å². The Morgan fingerprint density at radius 2 is 1.80 bits per heavy atom. The molecule has 0 radical (unpaired) electrons. The van der Waals surface area contributed by atoms with Gasteiger partial charge in [-0.2, -0.15) is 18.4 Å². The van der Waals surface area contributed by atoms with Crippen LogP contribution in [0, 0.1) is 23.2 Å². The molecule has 1 aliphatic heterocycles. The highest BCUT2D eigenvalue weighted by Crippen LogP contribution is 2.42. The highest BCUT2D eigenvalue weighted by Gasteiger charge is 2.58. The van der Waals surface area contributed by atoms with Crippen LogP contribution < -0.4 is 5.32 Å². The summed E-state index contributed by atoms with van der Waals surface area (Å²) in [5.74, 6) is -0.617. The van der Waals surface area contributed by atoms with Gasteiger partial charge in [-0.15, -0.1) is 0 Å². The van der Waals surface area contributed by atoms with Gasteiger partial charge < -0.3 is 5.32 Å². The smallest absolute Gasteiger partial charge is 0.323 e. The van der Waals surface area contributed by atoms with E-state index in [1.54, 1.807) is 12.1 Å². The Hall–Kier alpha value is -2.60. The van der Waals surface area contributed by atoms with Gasteiger partial charge in [-0.1, -0.05) is 32.4 Å². The van der Waals surface area contributed by atoms with Gasteiger partial charge in [-0.3, -0.25) is 9.69 Å². The molecule has 3 rings (SSSR count). The lowest BCUT2D eigenvalue weighted by molar-refractivity contribution is -0.155. The molecule has 0 aromatic heterocycles. The number of amides is 3. The number of halogens is 3. The first kappa shape index (κ1) is 22.1. The van der Waals surface area contributed by atoms with Crippen molar-refractivity contribution in [1.82, 2.24) is 15.1 Å². The third-order valence-corrected chi connectivity index (χ3v) is 6.22. The molecule has 162 valence electrons. The second kappa shape index (κ2) is 8.26. The average molecular weight is 422 g/mol. The summed E-state index contributed by atoms with van der Waals surface area (Å²) in [7, 11) is 0. The predicted molar refractivity (Wildman–Crippen MR) is 103 cm³/mol. The molecule has 1 aromatic carbocycles. The number of carbonyl (C=O) groups is 2. The van der Waals surface area contributed by atoms with Gasteiger partial charge in [0.05, 0.1) is 24.8 Å². The molecule has 0 unspecified atom stereocenters. The van der Waals surface area contributed by atoms with Crippen molar-refractivity contribution in [2.24, 2.45) is 11.8 Å². The zero-order chi connectivity index (χ0) is 22.1. The first-order valence-corrected chi connectivity index (χ1v) is 9.99. The number of hydrogen-bond acceptors (Lipinski definition) is 4. The molecule has 2 fully saturated rings. The largest absolute Gasteiger partial charge is 0.401 e. The maximum Gasteiger partial charge on any atom is 0.401 e. The van der Waals surface area contributed by atoms with Crippen molar-refractivity contribution in [3.63, 3.8) is 0 Å². The Morgan fingerprint density at radius 3 is 2.33 bits per heavy atom. The zero-order valence-electron chi connectivity index (χ0n) is 17.0. The highest BCUT2D eigenvalue weighted by molar-refractivity contribution is 6.07. The Bertz CT molecular complexity index is 837. The fraction of sp³-hybridized carbons (Fsp3) is 0.571. The number of nitrogens with one attached hydrogen (secondary N) is 1. The third kappa shape index (κ3) is 4.29. The Kier molecular flexibility index (Phi) is 6.09. The molecule has 2 aliphatic rings. The van der Waals surface area contributed by atoms with E-state index in [9.17, 15) is 22.8 Å². The van der Waals surface area contributed by atoms with Crippen molar-refractivity contribution in [2.45, 2.75) is 51.4 Å². The molecule has 1 aliphatic carbocycles. The lowest BCUT2D eigenvalue weighted by Crippen LogP contribution is -2.59. The van der Waals surface area contributed by atoms with Crippen LogP contribution in [0.25, 0.3) is 0 Å². The van der Waals surface area contributed by atoms with Crippen molar-refractivity contribution in [3.8, 4) is 6.07 Å². The summed E-state index contributed by atoms with van der Waals surface area (Å²) in [5, 5.41) is 11.7. The number of nitrogens with zero attached hydrogens (tertiary/aromatic N) is 3. The van der Waals surface area contributed by atoms with Crippen molar-refractivity contribution >= 4 is 11.9 Å². The van der Waals surface area contributed by atoms with Crippen molar-refractivity contribution in [2.75, 3.05) is 13.2 Å². The van der Waals surface area contributed by atoms with Crippen LogP contribution in [0.1, 0.15) is 44.2 Å². The minimum Gasteiger partial charge on any atom is -0.323 e. The summed E-state index contributed by atoms with van der Waals surface area (Å²) >= 11 is 0. The number of alkyl halides is 3. The molecule has 1 saturated carbocycles. The molecule has 30 heavy (non-hydrogen) atoms. The number of nitriles is 1. The monoisotopic (exact) mass is 422 g/mol. The summed E-state index contributed by atoms with van der Waals surface area (Å²) in [5.41, 5.74) is -0.0925. The minimum atomic E-state index is -4.49. The summed E-state index contributed by atoms with van der Waals surface area (Å²) in [4.78, 5) is 27.8. The highest BCUT2D eigenvalue weighted by atomic mass is 19.4. The van der Waals surface area contributed by atoms with E-state index >= 15 is 0 Å². The van der Waals surface area contributed by atoms with Crippen LogP contribution in [0.4, 0.5) is 18.0 Å². The normalized spacial score (nSPS) is 23.7. The number of rotatable bonds is 5. The lowest BCUT2D eigenvalue weighted by Gasteiger charge is -2.42. The van der Waals surface area contributed by atoms with Crippen LogP contribution >= 0.6 is 0 Å². The quantitative estimate of drug-likeness (QED) is 0.736. The third-order valence-electron chi connectivity index (χ3n) is 6.22. The van der Waals surface area contributed by atoms with Crippen LogP contribution in [-0.4, -0.2) is 46.7 Å². The SMILES string of the molecule is C[C@H]1CCC[C@H](C)C12NC(=O)N(CN(Cc1ccc(C#N)cc1)CC(F)(F)F)C2=O. The summed E-state index contributed by atoms with van der Waals surface area (Å²) in [6.07, 6.45) is -1.98. The number of carbonyl (C=O) groups excluding carboxylic acids is 2. The number of benzene rings is 1. The molecule has 1 spiro atoms. The Balaban J connectivity index is 1.82. The molecule has 2 atom stereocenters. The van der Waals surface area contributed by atoms with Gasteiger partial charge in [0.25, 0.3) is 5.91 Å². The van der Waals surface area contributed by atoms with E-state index in [1.807, 2.05) is 19.9 Å². The van der Waals surface area contributed by atoms with E-state index in [-0.39, 0.29) is 18.4 Å². The maximum atomic E-state index is 13.2. The van der Waals surface area contributed by atoms with Crippen LogP contribution in [0.15, 0.2) is 24.3 Å². The second-order valence-electron chi connectivity index (χ2n) is 8.32. The van der Waals surface area contributed by atoms with Crippen molar-refractivity contribution in [3.05, 3.63) is 35.4 Å². The molecular formula is C21H25F3N4O2. The summed E-state index contributed by atoms with van der Waals surface area (Å²) in [6.45, 7) is 1.98. The standard InChI is InChI=1S/C21H25F3N4O2/c1-14-4-3-5-15(2)21(14)18(29)28(19(30)26-21)13-27(12-20(22,23)24)11-17-8-6-16(10-25)7-9-17/h6-9,14-15H,3-5,11-13H2,1-2H3,(H,26,30)/t14-,15-/m0/s1. The van der Waals surface area contributed by atoms with Gasteiger partial charge in [-0.05, 0) is 42.4 Å². The van der Waals surface area contributed by atoms with E-state index in [1.165, 1.54) is 12.1 Å². The second-order valence-corrected chi connectivity index (χ2v) is 8.32. The predicted octanol–water partition coefficient (Wildman–Crippen LogP) is 3.63. The molecule has 0 bridgehead atoms.